The lowest BCUT2D eigenvalue weighted by Crippen LogP contribution is -2.37. The fraction of sp³-hybridized carbons (Fsp3) is 0.538. The summed E-state index contributed by atoms with van der Waals surface area (Å²) < 4.78 is 12.8. The standard InChI is InChI=1S/C13H17FN4/c1-2-5-17-6-3-12-11(17)4-7-18(12)13-15-8-10(14)9-16-13/h2,8-9,11-12H,1,3-7H2/t11-,12-/m0/s1. The van der Waals surface area contributed by atoms with E-state index < -0.39 is 0 Å². The van der Waals surface area contributed by atoms with Gasteiger partial charge in [-0.05, 0) is 12.8 Å². The van der Waals surface area contributed by atoms with Gasteiger partial charge in [0.2, 0.25) is 5.95 Å². The predicted molar refractivity (Wildman–Crippen MR) is 67.9 cm³/mol. The summed E-state index contributed by atoms with van der Waals surface area (Å²) in [7, 11) is 0. The summed E-state index contributed by atoms with van der Waals surface area (Å²) in [5, 5.41) is 0. The number of hydrogen-bond acceptors (Lipinski definition) is 4. The number of rotatable bonds is 3. The summed E-state index contributed by atoms with van der Waals surface area (Å²) in [6, 6.07) is 1.03. The highest BCUT2D eigenvalue weighted by Crippen LogP contribution is 2.33. The van der Waals surface area contributed by atoms with Crippen molar-refractivity contribution < 1.29 is 4.39 Å². The van der Waals surface area contributed by atoms with Gasteiger partial charge in [0.25, 0.3) is 0 Å². The van der Waals surface area contributed by atoms with E-state index in [9.17, 15) is 4.39 Å². The minimum Gasteiger partial charge on any atom is -0.336 e. The number of aromatic nitrogens is 2. The Kier molecular flexibility index (Phi) is 2.99. The minimum absolute atomic E-state index is 0.380. The van der Waals surface area contributed by atoms with E-state index in [4.69, 9.17) is 0 Å². The van der Waals surface area contributed by atoms with E-state index in [-0.39, 0.29) is 5.82 Å². The summed E-state index contributed by atoms with van der Waals surface area (Å²) in [6.45, 7) is 6.80. The molecule has 3 heterocycles. The zero-order chi connectivity index (χ0) is 12.5. The van der Waals surface area contributed by atoms with Gasteiger partial charge in [-0.2, -0.15) is 0 Å². The van der Waals surface area contributed by atoms with Gasteiger partial charge in [0.05, 0.1) is 12.4 Å². The smallest absolute Gasteiger partial charge is 0.225 e. The number of halogens is 1. The Morgan fingerprint density at radius 2 is 2.00 bits per heavy atom. The van der Waals surface area contributed by atoms with Crippen LogP contribution in [0.3, 0.4) is 0 Å². The first-order valence-corrected chi connectivity index (χ1v) is 6.38. The highest BCUT2D eigenvalue weighted by Gasteiger charge is 2.42. The molecule has 0 aromatic carbocycles. The van der Waals surface area contributed by atoms with E-state index in [0.29, 0.717) is 18.0 Å². The molecule has 2 aliphatic rings. The van der Waals surface area contributed by atoms with Crippen LogP contribution in [-0.2, 0) is 0 Å². The summed E-state index contributed by atoms with van der Waals surface area (Å²) in [6.07, 6.45) is 6.69. The van der Waals surface area contributed by atoms with E-state index in [2.05, 4.69) is 26.3 Å². The van der Waals surface area contributed by atoms with Crippen LogP contribution in [0.4, 0.5) is 10.3 Å². The fourth-order valence-corrected chi connectivity index (χ4v) is 3.17. The lowest BCUT2D eigenvalue weighted by atomic mass is 10.1. The predicted octanol–water partition coefficient (Wildman–Crippen LogP) is 1.45. The van der Waals surface area contributed by atoms with E-state index in [1.165, 1.54) is 12.4 Å². The fourth-order valence-electron chi connectivity index (χ4n) is 3.17. The molecule has 1 aromatic rings. The van der Waals surface area contributed by atoms with Gasteiger partial charge in [0, 0.05) is 31.7 Å². The van der Waals surface area contributed by atoms with Crippen molar-refractivity contribution in [1.82, 2.24) is 14.9 Å². The highest BCUT2D eigenvalue weighted by molar-refractivity contribution is 5.35. The number of fused-ring (bicyclic) bond motifs is 1. The molecular weight excluding hydrogens is 231 g/mol. The molecule has 0 unspecified atom stereocenters. The maximum Gasteiger partial charge on any atom is 0.225 e. The third kappa shape index (κ3) is 1.88. The second kappa shape index (κ2) is 4.65. The summed E-state index contributed by atoms with van der Waals surface area (Å²) in [5.41, 5.74) is 0. The van der Waals surface area contributed by atoms with Gasteiger partial charge in [-0.25, -0.2) is 14.4 Å². The molecule has 0 spiro atoms. The molecule has 2 saturated heterocycles. The molecule has 2 atom stereocenters. The van der Waals surface area contributed by atoms with Gasteiger partial charge in [0.15, 0.2) is 5.82 Å². The Hall–Kier alpha value is -1.49. The second-order valence-corrected chi connectivity index (χ2v) is 4.89. The van der Waals surface area contributed by atoms with Gasteiger partial charge < -0.3 is 4.90 Å². The average Bonchev–Trinajstić information content (AvgIpc) is 2.94. The number of anilines is 1. The van der Waals surface area contributed by atoms with Gasteiger partial charge in [0.1, 0.15) is 0 Å². The van der Waals surface area contributed by atoms with Gasteiger partial charge in [-0.1, -0.05) is 6.08 Å². The maximum absolute atomic E-state index is 12.8. The van der Waals surface area contributed by atoms with Crippen LogP contribution in [0.15, 0.2) is 25.0 Å². The largest absolute Gasteiger partial charge is 0.336 e. The van der Waals surface area contributed by atoms with Gasteiger partial charge >= 0.3 is 0 Å². The van der Waals surface area contributed by atoms with E-state index in [0.717, 1.165) is 32.5 Å². The summed E-state index contributed by atoms with van der Waals surface area (Å²) in [5.74, 6) is 0.276. The first-order chi connectivity index (χ1) is 8.79. The molecule has 2 aliphatic heterocycles. The molecular formula is C13H17FN4. The number of hydrogen-bond donors (Lipinski definition) is 0. The highest BCUT2D eigenvalue weighted by atomic mass is 19.1. The van der Waals surface area contributed by atoms with Crippen molar-refractivity contribution in [3.8, 4) is 0 Å². The Balaban J connectivity index is 1.77. The Morgan fingerprint density at radius 1 is 1.28 bits per heavy atom. The molecule has 1 aromatic heterocycles. The molecule has 0 aliphatic carbocycles. The molecule has 0 bridgehead atoms. The maximum atomic E-state index is 12.8. The van der Waals surface area contributed by atoms with Crippen LogP contribution in [0.5, 0.6) is 0 Å². The van der Waals surface area contributed by atoms with Crippen LogP contribution in [0.2, 0.25) is 0 Å². The molecule has 96 valence electrons. The van der Waals surface area contributed by atoms with Crippen molar-refractivity contribution in [2.24, 2.45) is 0 Å². The van der Waals surface area contributed by atoms with Gasteiger partial charge in [-0.3, -0.25) is 4.90 Å². The average molecular weight is 248 g/mol. The molecule has 0 radical (unpaired) electrons. The first kappa shape index (κ1) is 11.6. The molecule has 0 N–H and O–H groups in total. The van der Waals surface area contributed by atoms with E-state index >= 15 is 0 Å². The van der Waals surface area contributed by atoms with Crippen LogP contribution in [0, 0.1) is 5.82 Å². The molecule has 4 nitrogen and oxygen atoms in total. The summed E-state index contributed by atoms with van der Waals surface area (Å²) >= 11 is 0. The number of nitrogens with zero attached hydrogens (tertiary/aromatic N) is 4. The van der Waals surface area contributed by atoms with Crippen LogP contribution in [0.25, 0.3) is 0 Å². The second-order valence-electron chi connectivity index (χ2n) is 4.89. The van der Waals surface area contributed by atoms with Crippen molar-refractivity contribution in [2.45, 2.75) is 24.9 Å². The van der Waals surface area contributed by atoms with Crippen molar-refractivity contribution in [2.75, 3.05) is 24.5 Å². The van der Waals surface area contributed by atoms with Crippen LogP contribution < -0.4 is 4.90 Å². The van der Waals surface area contributed by atoms with Crippen LogP contribution in [0.1, 0.15) is 12.8 Å². The molecule has 2 fully saturated rings. The van der Waals surface area contributed by atoms with Gasteiger partial charge in [-0.15, -0.1) is 6.58 Å². The normalized spacial score (nSPS) is 27.5. The molecule has 0 amide bonds. The number of likely N-dealkylation sites (tertiary alicyclic amines) is 1. The molecule has 0 saturated carbocycles. The van der Waals surface area contributed by atoms with E-state index in [1.54, 1.807) is 0 Å². The quantitative estimate of drug-likeness (QED) is 0.758. The first-order valence-electron chi connectivity index (χ1n) is 6.38. The summed E-state index contributed by atoms with van der Waals surface area (Å²) in [4.78, 5) is 12.9. The zero-order valence-electron chi connectivity index (χ0n) is 10.3. The van der Waals surface area contributed by atoms with Crippen molar-refractivity contribution in [3.05, 3.63) is 30.9 Å². The zero-order valence-corrected chi connectivity index (χ0v) is 10.3. The van der Waals surface area contributed by atoms with Crippen LogP contribution in [-0.4, -0.2) is 46.6 Å². The third-order valence-electron chi connectivity index (χ3n) is 3.92. The molecule has 18 heavy (non-hydrogen) atoms. The minimum atomic E-state index is -0.380. The Bertz CT molecular complexity index is 433. The lowest BCUT2D eigenvalue weighted by Gasteiger charge is -2.24. The third-order valence-corrected chi connectivity index (χ3v) is 3.92. The van der Waals surface area contributed by atoms with Crippen molar-refractivity contribution in [3.63, 3.8) is 0 Å². The van der Waals surface area contributed by atoms with E-state index in [1.807, 2.05) is 6.08 Å². The molecule has 3 rings (SSSR count). The van der Waals surface area contributed by atoms with Crippen molar-refractivity contribution >= 4 is 5.95 Å². The SMILES string of the molecule is C=CCN1CC[C@H]2[C@@H]1CCN2c1ncc(F)cn1. The Morgan fingerprint density at radius 3 is 2.72 bits per heavy atom. The monoisotopic (exact) mass is 248 g/mol. The van der Waals surface area contributed by atoms with Crippen LogP contribution >= 0.6 is 0 Å². The van der Waals surface area contributed by atoms with Crippen molar-refractivity contribution in [1.29, 1.82) is 0 Å². The Labute approximate surface area is 106 Å². The topological polar surface area (TPSA) is 32.3 Å². The molecule has 5 heteroatoms. The lowest BCUT2D eigenvalue weighted by molar-refractivity contribution is 0.281.